The molecule has 1 atom stereocenters. The quantitative estimate of drug-likeness (QED) is 0.563. The fraction of sp³-hybridized carbons (Fsp3) is 0.467. The van der Waals surface area contributed by atoms with E-state index in [0.29, 0.717) is 6.04 Å². The predicted octanol–water partition coefficient (Wildman–Crippen LogP) is 3.15. The molecule has 0 saturated carbocycles. The molecular weight excluding hydrogens is 213 g/mol. The highest BCUT2D eigenvalue weighted by Crippen LogP contribution is 2.12. The number of hydrogen-bond donors (Lipinski definition) is 1. The third kappa shape index (κ3) is 5.01. The predicted molar refractivity (Wildman–Crippen MR) is 70.3 cm³/mol. The molecular formula is C15H20FN. The van der Waals surface area contributed by atoms with E-state index in [-0.39, 0.29) is 5.82 Å². The van der Waals surface area contributed by atoms with Crippen LogP contribution < -0.4 is 5.32 Å². The van der Waals surface area contributed by atoms with Gasteiger partial charge in [0.2, 0.25) is 0 Å². The number of benzene rings is 1. The van der Waals surface area contributed by atoms with Crippen LogP contribution in [0.3, 0.4) is 0 Å². The molecule has 0 aliphatic carbocycles. The Bertz CT molecular complexity index is 367. The summed E-state index contributed by atoms with van der Waals surface area (Å²) in [5, 5.41) is 3.38. The molecule has 0 heterocycles. The lowest BCUT2D eigenvalue weighted by Crippen LogP contribution is -2.31. The van der Waals surface area contributed by atoms with E-state index in [1.54, 1.807) is 6.07 Å². The lowest BCUT2D eigenvalue weighted by atomic mass is 10.0. The Balaban J connectivity index is 2.54. The van der Waals surface area contributed by atoms with Crippen molar-refractivity contribution in [1.82, 2.24) is 5.32 Å². The third-order valence-corrected chi connectivity index (χ3v) is 2.79. The van der Waals surface area contributed by atoms with Gasteiger partial charge in [0, 0.05) is 12.5 Å². The Kier molecular flexibility index (Phi) is 6.35. The normalized spacial score (nSPS) is 12.1. The molecule has 1 nitrogen and oxygen atoms in total. The van der Waals surface area contributed by atoms with E-state index in [1.807, 2.05) is 12.1 Å². The van der Waals surface area contributed by atoms with Gasteiger partial charge in [0.25, 0.3) is 0 Å². The summed E-state index contributed by atoms with van der Waals surface area (Å²) in [7, 11) is 0. The van der Waals surface area contributed by atoms with Gasteiger partial charge in [-0.25, -0.2) is 4.39 Å². The second-order valence-electron chi connectivity index (χ2n) is 4.15. The van der Waals surface area contributed by atoms with E-state index in [2.05, 4.69) is 18.2 Å². The van der Waals surface area contributed by atoms with Gasteiger partial charge in [-0.05, 0) is 37.4 Å². The van der Waals surface area contributed by atoms with Crippen LogP contribution in [0.15, 0.2) is 24.3 Å². The van der Waals surface area contributed by atoms with Crippen molar-refractivity contribution in [3.05, 3.63) is 35.6 Å². The summed E-state index contributed by atoms with van der Waals surface area (Å²) in [6, 6.07) is 7.27. The fourth-order valence-corrected chi connectivity index (χ4v) is 1.94. The van der Waals surface area contributed by atoms with E-state index in [0.717, 1.165) is 37.8 Å². The number of rotatable bonds is 7. The van der Waals surface area contributed by atoms with Crippen molar-refractivity contribution in [1.29, 1.82) is 0 Å². The third-order valence-electron chi connectivity index (χ3n) is 2.79. The number of unbranched alkanes of at least 4 members (excludes halogenated alkanes) is 1. The lowest BCUT2D eigenvalue weighted by molar-refractivity contribution is 0.470. The van der Waals surface area contributed by atoms with Gasteiger partial charge in [0.15, 0.2) is 0 Å². The maximum atomic E-state index is 13.5. The lowest BCUT2D eigenvalue weighted by Gasteiger charge is -2.17. The van der Waals surface area contributed by atoms with Gasteiger partial charge in [-0.1, -0.05) is 25.1 Å². The molecule has 1 unspecified atom stereocenters. The van der Waals surface area contributed by atoms with Gasteiger partial charge >= 0.3 is 0 Å². The summed E-state index contributed by atoms with van der Waals surface area (Å²) in [6.07, 6.45) is 8.73. The van der Waals surface area contributed by atoms with Crippen LogP contribution in [0.1, 0.15) is 31.7 Å². The molecule has 2 heteroatoms. The van der Waals surface area contributed by atoms with Crippen molar-refractivity contribution in [3.63, 3.8) is 0 Å². The molecule has 1 rings (SSSR count). The molecule has 1 N–H and O–H groups in total. The summed E-state index contributed by atoms with van der Waals surface area (Å²) in [5.41, 5.74) is 0.777. The van der Waals surface area contributed by atoms with Gasteiger partial charge in [0.05, 0.1) is 0 Å². The molecule has 0 spiro atoms. The topological polar surface area (TPSA) is 12.0 Å². The molecule has 17 heavy (non-hydrogen) atoms. The molecule has 1 aromatic carbocycles. The Hall–Kier alpha value is -1.33. The highest BCUT2D eigenvalue weighted by molar-refractivity contribution is 5.18. The minimum Gasteiger partial charge on any atom is -0.314 e. The maximum Gasteiger partial charge on any atom is 0.126 e. The molecule has 0 aliphatic heterocycles. The second-order valence-corrected chi connectivity index (χ2v) is 4.15. The Morgan fingerprint density at radius 2 is 2.18 bits per heavy atom. The Morgan fingerprint density at radius 3 is 2.82 bits per heavy atom. The minimum atomic E-state index is -0.118. The highest BCUT2D eigenvalue weighted by Gasteiger charge is 2.10. The van der Waals surface area contributed by atoms with Crippen molar-refractivity contribution in [2.75, 3.05) is 6.54 Å². The molecule has 92 valence electrons. The van der Waals surface area contributed by atoms with Crippen LogP contribution in [-0.2, 0) is 6.42 Å². The van der Waals surface area contributed by atoms with Crippen LogP contribution in [0.5, 0.6) is 0 Å². The zero-order chi connectivity index (χ0) is 12.5. The summed E-state index contributed by atoms with van der Waals surface area (Å²) in [5.74, 6) is 2.52. The van der Waals surface area contributed by atoms with E-state index in [1.165, 1.54) is 6.07 Å². The van der Waals surface area contributed by atoms with Crippen molar-refractivity contribution in [2.45, 2.75) is 38.6 Å². The maximum absolute atomic E-state index is 13.5. The largest absolute Gasteiger partial charge is 0.314 e. The Morgan fingerprint density at radius 1 is 1.41 bits per heavy atom. The van der Waals surface area contributed by atoms with E-state index in [9.17, 15) is 4.39 Å². The van der Waals surface area contributed by atoms with Gasteiger partial charge in [0.1, 0.15) is 5.82 Å². The van der Waals surface area contributed by atoms with Gasteiger partial charge in [-0.2, -0.15) is 0 Å². The van der Waals surface area contributed by atoms with Crippen LogP contribution in [0.4, 0.5) is 4.39 Å². The summed E-state index contributed by atoms with van der Waals surface area (Å²) >= 11 is 0. The number of terminal acetylenes is 1. The molecule has 0 amide bonds. The zero-order valence-electron chi connectivity index (χ0n) is 10.4. The minimum absolute atomic E-state index is 0.118. The summed E-state index contributed by atoms with van der Waals surface area (Å²) in [4.78, 5) is 0. The van der Waals surface area contributed by atoms with Crippen molar-refractivity contribution < 1.29 is 4.39 Å². The SMILES string of the molecule is C#CCCCC(Cc1ccccc1F)NCC. The first-order valence-corrected chi connectivity index (χ1v) is 6.18. The first-order valence-electron chi connectivity index (χ1n) is 6.18. The monoisotopic (exact) mass is 233 g/mol. The molecule has 0 saturated heterocycles. The average molecular weight is 233 g/mol. The van der Waals surface area contributed by atoms with Crippen molar-refractivity contribution in [3.8, 4) is 12.3 Å². The van der Waals surface area contributed by atoms with Crippen molar-refractivity contribution in [2.24, 2.45) is 0 Å². The van der Waals surface area contributed by atoms with E-state index < -0.39 is 0 Å². The second kappa shape index (κ2) is 7.86. The smallest absolute Gasteiger partial charge is 0.126 e. The summed E-state index contributed by atoms with van der Waals surface area (Å²) in [6.45, 7) is 2.96. The molecule has 0 fully saturated rings. The number of nitrogens with one attached hydrogen (secondary N) is 1. The average Bonchev–Trinajstić information content (AvgIpc) is 2.32. The first kappa shape index (κ1) is 13.7. The molecule has 0 aliphatic rings. The van der Waals surface area contributed by atoms with Crippen LogP contribution in [0.25, 0.3) is 0 Å². The van der Waals surface area contributed by atoms with Crippen LogP contribution in [0.2, 0.25) is 0 Å². The van der Waals surface area contributed by atoms with Gasteiger partial charge in [-0.15, -0.1) is 12.3 Å². The van der Waals surface area contributed by atoms with Crippen LogP contribution in [0, 0.1) is 18.2 Å². The fourth-order valence-electron chi connectivity index (χ4n) is 1.94. The van der Waals surface area contributed by atoms with E-state index >= 15 is 0 Å². The highest BCUT2D eigenvalue weighted by atomic mass is 19.1. The van der Waals surface area contributed by atoms with Gasteiger partial charge in [-0.3, -0.25) is 0 Å². The molecule has 1 aromatic rings. The first-order chi connectivity index (χ1) is 8.27. The number of likely N-dealkylation sites (N-methyl/N-ethyl adjacent to an activating group) is 1. The number of halogens is 1. The molecule has 0 bridgehead atoms. The standard InChI is InChI=1S/C15H20FN/c1-3-5-6-10-14(17-4-2)12-13-9-7-8-11-15(13)16/h1,7-9,11,14,17H,4-6,10,12H2,2H3. The molecule has 0 radical (unpaired) electrons. The van der Waals surface area contributed by atoms with Crippen LogP contribution >= 0.6 is 0 Å². The van der Waals surface area contributed by atoms with Gasteiger partial charge < -0.3 is 5.32 Å². The van der Waals surface area contributed by atoms with Crippen LogP contribution in [-0.4, -0.2) is 12.6 Å². The van der Waals surface area contributed by atoms with E-state index in [4.69, 9.17) is 6.42 Å². The Labute approximate surface area is 103 Å². The zero-order valence-corrected chi connectivity index (χ0v) is 10.4. The summed E-state index contributed by atoms with van der Waals surface area (Å²) < 4.78 is 13.5. The van der Waals surface area contributed by atoms with Crippen molar-refractivity contribution >= 4 is 0 Å². The molecule has 0 aromatic heterocycles. The number of hydrogen-bond acceptors (Lipinski definition) is 1.